The summed E-state index contributed by atoms with van der Waals surface area (Å²) >= 11 is 1.25. The number of carbonyl (C=O) groups is 1. The summed E-state index contributed by atoms with van der Waals surface area (Å²) in [5.41, 5.74) is 11.1. The first-order chi connectivity index (χ1) is 17.6. The number of nitrogens with two attached hydrogens (primary N) is 1. The molecular weight excluding hydrogens is 466 g/mol. The van der Waals surface area contributed by atoms with E-state index >= 15 is 0 Å². The molecule has 1 unspecified atom stereocenters. The summed E-state index contributed by atoms with van der Waals surface area (Å²) in [5, 5.41) is 21.0. The topological polar surface area (TPSA) is 108 Å². The largest absolute Gasteiger partial charge is 0.383 e. The van der Waals surface area contributed by atoms with E-state index in [0.29, 0.717) is 22.6 Å². The van der Waals surface area contributed by atoms with E-state index in [1.807, 2.05) is 60.0 Å². The lowest BCUT2D eigenvalue weighted by molar-refractivity contribution is 0.0910. The number of nitrogen functional groups attached to an aromatic ring is 1. The SMILES string of the molecule is CCC(Sc1nc(N)c(C#N)c(-c2ccccc2)c1C#N)C(=O)n1c2c(c3ccccc31)CCCC2. The van der Waals surface area contributed by atoms with E-state index in [9.17, 15) is 15.3 Å². The average molecular weight is 492 g/mol. The quantitative estimate of drug-likeness (QED) is 0.337. The van der Waals surface area contributed by atoms with Crippen LogP contribution in [0.3, 0.4) is 0 Å². The molecule has 2 heterocycles. The maximum atomic E-state index is 14.0. The van der Waals surface area contributed by atoms with Gasteiger partial charge in [-0.2, -0.15) is 10.5 Å². The van der Waals surface area contributed by atoms with Crippen LogP contribution >= 0.6 is 11.8 Å². The summed E-state index contributed by atoms with van der Waals surface area (Å²) in [5.74, 6) is 0.0423. The Morgan fingerprint density at radius 3 is 2.47 bits per heavy atom. The van der Waals surface area contributed by atoms with Crippen LogP contribution in [0.4, 0.5) is 5.82 Å². The van der Waals surface area contributed by atoms with Crippen LogP contribution in [0.15, 0.2) is 59.6 Å². The number of aromatic nitrogens is 2. The van der Waals surface area contributed by atoms with Crippen molar-refractivity contribution in [3.63, 3.8) is 0 Å². The number of pyridine rings is 1. The molecule has 2 aromatic carbocycles. The minimum absolute atomic E-state index is 0.0169. The molecule has 0 spiro atoms. The van der Waals surface area contributed by atoms with Crippen molar-refractivity contribution >= 4 is 34.4 Å². The first-order valence-corrected chi connectivity index (χ1v) is 13.0. The molecule has 178 valence electrons. The van der Waals surface area contributed by atoms with E-state index in [0.717, 1.165) is 42.3 Å². The summed E-state index contributed by atoms with van der Waals surface area (Å²) < 4.78 is 1.89. The van der Waals surface area contributed by atoms with Gasteiger partial charge in [0.2, 0.25) is 5.91 Å². The molecule has 4 aromatic rings. The van der Waals surface area contributed by atoms with Crippen LogP contribution in [0, 0.1) is 22.7 Å². The second-order valence-electron chi connectivity index (χ2n) is 8.85. The van der Waals surface area contributed by atoms with Crippen LogP contribution in [-0.4, -0.2) is 20.7 Å². The number of hydrogen-bond donors (Lipinski definition) is 1. The molecule has 36 heavy (non-hydrogen) atoms. The van der Waals surface area contributed by atoms with Crippen LogP contribution < -0.4 is 5.73 Å². The van der Waals surface area contributed by atoms with Gasteiger partial charge in [0.1, 0.15) is 28.5 Å². The number of fused-ring (bicyclic) bond motifs is 3. The summed E-state index contributed by atoms with van der Waals surface area (Å²) in [6, 6.07) is 21.7. The first kappa shape index (κ1) is 23.7. The Hall–Kier alpha value is -4.07. The van der Waals surface area contributed by atoms with Crippen molar-refractivity contribution in [1.29, 1.82) is 10.5 Å². The molecule has 1 aliphatic carbocycles. The Morgan fingerprint density at radius 2 is 1.75 bits per heavy atom. The highest BCUT2D eigenvalue weighted by molar-refractivity contribution is 8.00. The first-order valence-electron chi connectivity index (χ1n) is 12.1. The monoisotopic (exact) mass is 491 g/mol. The summed E-state index contributed by atoms with van der Waals surface area (Å²) in [6.07, 6.45) is 4.60. The van der Waals surface area contributed by atoms with E-state index in [1.54, 1.807) is 0 Å². The normalized spacial score (nSPS) is 13.5. The van der Waals surface area contributed by atoms with E-state index < -0.39 is 5.25 Å². The molecule has 1 atom stereocenters. The molecule has 1 aliphatic rings. The third-order valence-corrected chi connectivity index (χ3v) is 8.12. The molecule has 2 aromatic heterocycles. The highest BCUT2D eigenvalue weighted by Crippen LogP contribution is 2.39. The van der Waals surface area contributed by atoms with Gasteiger partial charge >= 0.3 is 0 Å². The van der Waals surface area contributed by atoms with E-state index in [4.69, 9.17) is 5.73 Å². The van der Waals surface area contributed by atoms with Crippen LogP contribution in [0.5, 0.6) is 0 Å². The van der Waals surface area contributed by atoms with Gasteiger partial charge in [-0.1, -0.05) is 67.2 Å². The van der Waals surface area contributed by atoms with Gasteiger partial charge in [0, 0.05) is 16.6 Å². The highest BCUT2D eigenvalue weighted by Gasteiger charge is 2.30. The van der Waals surface area contributed by atoms with Crippen molar-refractivity contribution in [2.75, 3.05) is 5.73 Å². The number of carbonyl (C=O) groups excluding carboxylic acids is 1. The third-order valence-electron chi connectivity index (χ3n) is 6.78. The Kier molecular flexibility index (Phi) is 6.50. The second kappa shape index (κ2) is 9.89. The zero-order valence-electron chi connectivity index (χ0n) is 20.0. The molecule has 2 N–H and O–H groups in total. The van der Waals surface area contributed by atoms with Crippen molar-refractivity contribution in [3.8, 4) is 23.3 Å². The lowest BCUT2D eigenvalue weighted by atomic mass is 9.95. The van der Waals surface area contributed by atoms with Crippen LogP contribution in [0.25, 0.3) is 22.0 Å². The summed E-state index contributed by atoms with van der Waals surface area (Å²) in [6.45, 7) is 1.96. The van der Waals surface area contributed by atoms with Crippen molar-refractivity contribution < 1.29 is 4.79 Å². The molecule has 7 heteroatoms. The number of nitriles is 2. The molecular formula is C29H25N5OS. The highest BCUT2D eigenvalue weighted by atomic mass is 32.2. The Bertz CT molecular complexity index is 1560. The second-order valence-corrected chi connectivity index (χ2v) is 10.0. The van der Waals surface area contributed by atoms with E-state index in [1.165, 1.54) is 17.3 Å². The van der Waals surface area contributed by atoms with E-state index in [2.05, 4.69) is 23.2 Å². The molecule has 0 bridgehead atoms. The number of nitrogens with zero attached hydrogens (tertiary/aromatic N) is 4. The van der Waals surface area contributed by atoms with Gasteiger partial charge < -0.3 is 5.73 Å². The third kappa shape index (κ3) is 3.92. The number of para-hydroxylation sites is 1. The van der Waals surface area contributed by atoms with Crippen molar-refractivity contribution in [3.05, 3.63) is 77.0 Å². The Balaban J connectivity index is 1.61. The van der Waals surface area contributed by atoms with Crippen molar-refractivity contribution in [1.82, 2.24) is 9.55 Å². The number of aryl methyl sites for hydroxylation is 1. The molecule has 0 fully saturated rings. The number of thioether (sulfide) groups is 1. The zero-order valence-corrected chi connectivity index (χ0v) is 20.8. The minimum atomic E-state index is -0.470. The van der Waals surface area contributed by atoms with Gasteiger partial charge in [0.15, 0.2) is 0 Å². The molecule has 0 saturated carbocycles. The van der Waals surface area contributed by atoms with Gasteiger partial charge in [-0.3, -0.25) is 9.36 Å². The lowest BCUT2D eigenvalue weighted by Gasteiger charge is -2.20. The average Bonchev–Trinajstić information content (AvgIpc) is 3.26. The van der Waals surface area contributed by atoms with Gasteiger partial charge in [-0.25, -0.2) is 4.98 Å². The Labute approximate surface area is 214 Å². The van der Waals surface area contributed by atoms with Crippen molar-refractivity contribution in [2.45, 2.75) is 49.3 Å². The fourth-order valence-corrected chi connectivity index (χ4v) is 6.17. The molecule has 0 amide bonds. The van der Waals surface area contributed by atoms with Crippen LogP contribution in [-0.2, 0) is 12.8 Å². The Morgan fingerprint density at radius 1 is 1.06 bits per heavy atom. The van der Waals surface area contributed by atoms with Gasteiger partial charge in [-0.05, 0) is 49.3 Å². The van der Waals surface area contributed by atoms with Gasteiger partial charge in [-0.15, -0.1) is 0 Å². The minimum Gasteiger partial charge on any atom is -0.383 e. The molecule has 6 nitrogen and oxygen atoms in total. The van der Waals surface area contributed by atoms with Gasteiger partial charge in [0.25, 0.3) is 0 Å². The predicted octanol–water partition coefficient (Wildman–Crippen LogP) is 6.12. The lowest BCUT2D eigenvalue weighted by Crippen LogP contribution is -2.26. The number of rotatable bonds is 5. The fourth-order valence-electron chi connectivity index (χ4n) is 5.11. The fraction of sp³-hybridized carbons (Fsp3) is 0.241. The van der Waals surface area contributed by atoms with Crippen molar-refractivity contribution in [2.24, 2.45) is 0 Å². The van der Waals surface area contributed by atoms with Gasteiger partial charge in [0.05, 0.1) is 16.3 Å². The zero-order chi connectivity index (χ0) is 25.2. The van der Waals surface area contributed by atoms with E-state index in [-0.39, 0.29) is 22.9 Å². The van der Waals surface area contributed by atoms with Crippen LogP contribution in [0.1, 0.15) is 53.4 Å². The number of anilines is 1. The molecule has 0 radical (unpaired) electrons. The maximum Gasteiger partial charge on any atom is 0.244 e. The van der Waals surface area contributed by atoms with Crippen LogP contribution in [0.2, 0.25) is 0 Å². The summed E-state index contributed by atoms with van der Waals surface area (Å²) in [7, 11) is 0. The maximum absolute atomic E-state index is 14.0. The number of hydrogen-bond acceptors (Lipinski definition) is 6. The molecule has 0 saturated heterocycles. The molecule has 5 rings (SSSR count). The number of benzene rings is 2. The standard InChI is InChI=1S/C29H25N5OS/c1-2-25(29(35)34-23-14-8-6-12-19(23)20-13-7-9-15-24(20)34)36-28-22(17-31)26(18-10-4-3-5-11-18)21(16-30)27(32)33-28/h3-6,8,10-12,14,25H,2,7,9,13,15H2,1H3,(H2,32,33). The molecule has 0 aliphatic heterocycles. The predicted molar refractivity (Wildman–Crippen MR) is 143 cm³/mol. The smallest absolute Gasteiger partial charge is 0.244 e. The summed E-state index contributed by atoms with van der Waals surface area (Å²) in [4.78, 5) is 18.5.